The molecule has 0 bridgehead atoms. The summed E-state index contributed by atoms with van der Waals surface area (Å²) in [7, 11) is 0. The van der Waals surface area contributed by atoms with Gasteiger partial charge in [0.05, 0.1) is 0 Å². The van der Waals surface area contributed by atoms with E-state index in [4.69, 9.17) is 4.74 Å². The van der Waals surface area contributed by atoms with Gasteiger partial charge in [0, 0.05) is 6.42 Å². The Labute approximate surface area is 161 Å². The maximum atomic E-state index is 11.8. The molecule has 0 atom stereocenters. The molecule has 0 saturated carbocycles. The van der Waals surface area contributed by atoms with Crippen molar-refractivity contribution in [3.8, 4) is 5.75 Å². The van der Waals surface area contributed by atoms with E-state index < -0.39 is 0 Å². The fraction of sp³-hybridized carbons (Fsp3) is 0.708. The summed E-state index contributed by atoms with van der Waals surface area (Å²) < 4.78 is 5.34. The molecule has 0 fully saturated rings. The Kier molecular flexibility index (Phi) is 13.9. The van der Waals surface area contributed by atoms with Crippen molar-refractivity contribution in [2.24, 2.45) is 0 Å². The summed E-state index contributed by atoms with van der Waals surface area (Å²) in [6, 6.07) is 7.65. The van der Waals surface area contributed by atoms with Crippen LogP contribution in [0.3, 0.4) is 0 Å². The van der Waals surface area contributed by atoms with E-state index in [-0.39, 0.29) is 5.97 Å². The number of unbranched alkanes of at least 4 members (excludes halogenated alkanes) is 13. The molecule has 1 aromatic rings. The molecule has 0 N–H and O–H groups in total. The normalized spacial score (nSPS) is 10.8. The molecule has 0 amide bonds. The third-order valence-electron chi connectivity index (χ3n) is 4.99. The lowest BCUT2D eigenvalue weighted by Crippen LogP contribution is -2.07. The molecule has 0 aliphatic carbocycles. The molecule has 148 valence electrons. The van der Waals surface area contributed by atoms with Gasteiger partial charge >= 0.3 is 5.97 Å². The Morgan fingerprint density at radius 1 is 0.692 bits per heavy atom. The molecule has 0 unspecified atom stereocenters. The number of esters is 1. The number of aryl methyl sites for hydroxylation is 1. The van der Waals surface area contributed by atoms with Gasteiger partial charge in [-0.1, -0.05) is 108 Å². The van der Waals surface area contributed by atoms with Crippen LogP contribution >= 0.6 is 0 Å². The molecule has 0 aromatic heterocycles. The van der Waals surface area contributed by atoms with Crippen molar-refractivity contribution >= 4 is 5.97 Å². The molecule has 0 heterocycles. The second-order valence-electron chi connectivity index (χ2n) is 7.63. The Bertz CT molecular complexity index is 450. The molecule has 26 heavy (non-hydrogen) atoms. The Hall–Kier alpha value is -1.31. The molecule has 0 aliphatic rings. The average molecular weight is 361 g/mol. The van der Waals surface area contributed by atoms with Gasteiger partial charge in [0.2, 0.25) is 0 Å². The number of hydrogen-bond acceptors (Lipinski definition) is 2. The van der Waals surface area contributed by atoms with E-state index in [1.165, 1.54) is 82.6 Å². The van der Waals surface area contributed by atoms with Gasteiger partial charge in [0.25, 0.3) is 0 Å². The monoisotopic (exact) mass is 360 g/mol. The molecule has 0 saturated heterocycles. The van der Waals surface area contributed by atoms with Gasteiger partial charge in [-0.15, -0.1) is 0 Å². The van der Waals surface area contributed by atoms with Crippen LogP contribution in [0.5, 0.6) is 5.75 Å². The Morgan fingerprint density at radius 3 is 1.58 bits per heavy atom. The van der Waals surface area contributed by atoms with Crippen LogP contribution in [-0.2, 0) is 4.79 Å². The third-order valence-corrected chi connectivity index (χ3v) is 4.99. The third kappa shape index (κ3) is 13.0. The quantitative estimate of drug-likeness (QED) is 0.171. The molecule has 0 spiro atoms. The fourth-order valence-corrected chi connectivity index (χ4v) is 3.25. The predicted octanol–water partition coefficient (Wildman–Crippen LogP) is 7.77. The fourth-order valence-electron chi connectivity index (χ4n) is 3.25. The highest BCUT2D eigenvalue weighted by Gasteiger charge is 2.04. The van der Waals surface area contributed by atoms with Gasteiger partial charge in [-0.3, -0.25) is 4.79 Å². The highest BCUT2D eigenvalue weighted by atomic mass is 16.5. The topological polar surface area (TPSA) is 26.3 Å². The van der Waals surface area contributed by atoms with Crippen LogP contribution in [0.2, 0.25) is 0 Å². The van der Waals surface area contributed by atoms with Gasteiger partial charge in [-0.2, -0.15) is 0 Å². The highest BCUT2D eigenvalue weighted by molar-refractivity contribution is 5.72. The molecular weight excluding hydrogens is 320 g/mol. The number of carbonyl (C=O) groups is 1. The van der Waals surface area contributed by atoms with E-state index >= 15 is 0 Å². The second-order valence-corrected chi connectivity index (χ2v) is 7.63. The molecule has 2 heteroatoms. The van der Waals surface area contributed by atoms with Gasteiger partial charge in [0.1, 0.15) is 5.75 Å². The van der Waals surface area contributed by atoms with Crippen LogP contribution in [0.15, 0.2) is 24.3 Å². The van der Waals surface area contributed by atoms with Crippen LogP contribution in [-0.4, -0.2) is 5.97 Å². The highest BCUT2D eigenvalue weighted by Crippen LogP contribution is 2.15. The number of hydrogen-bond donors (Lipinski definition) is 0. The molecule has 1 aromatic carbocycles. The summed E-state index contributed by atoms with van der Waals surface area (Å²) in [6.45, 7) is 4.30. The lowest BCUT2D eigenvalue weighted by atomic mass is 10.0. The Balaban J connectivity index is 1.83. The van der Waals surface area contributed by atoms with Crippen molar-refractivity contribution in [1.82, 2.24) is 0 Å². The van der Waals surface area contributed by atoms with Crippen molar-refractivity contribution in [3.63, 3.8) is 0 Å². The van der Waals surface area contributed by atoms with Crippen molar-refractivity contribution < 1.29 is 9.53 Å². The molecule has 1 rings (SSSR count). The van der Waals surface area contributed by atoms with Gasteiger partial charge in [0.15, 0.2) is 0 Å². The van der Waals surface area contributed by atoms with Crippen LogP contribution < -0.4 is 4.74 Å². The Morgan fingerprint density at radius 2 is 1.12 bits per heavy atom. The summed E-state index contributed by atoms with van der Waals surface area (Å²) in [6.07, 6.45) is 19.2. The van der Waals surface area contributed by atoms with Crippen LogP contribution in [0.25, 0.3) is 0 Å². The summed E-state index contributed by atoms with van der Waals surface area (Å²) in [5, 5.41) is 0. The van der Waals surface area contributed by atoms with Crippen LogP contribution in [0, 0.1) is 6.92 Å². The van der Waals surface area contributed by atoms with Crippen molar-refractivity contribution in [2.45, 2.75) is 110 Å². The van der Waals surface area contributed by atoms with Crippen molar-refractivity contribution in [1.29, 1.82) is 0 Å². The maximum absolute atomic E-state index is 11.8. The van der Waals surface area contributed by atoms with E-state index in [9.17, 15) is 4.79 Å². The van der Waals surface area contributed by atoms with Gasteiger partial charge in [-0.25, -0.2) is 0 Å². The number of ether oxygens (including phenoxy) is 1. The first-order chi connectivity index (χ1) is 12.7. The largest absolute Gasteiger partial charge is 0.427 e. The summed E-state index contributed by atoms with van der Waals surface area (Å²) in [4.78, 5) is 11.8. The first kappa shape index (κ1) is 22.7. The summed E-state index contributed by atoms with van der Waals surface area (Å²) in [5.74, 6) is 0.554. The van der Waals surface area contributed by atoms with Crippen LogP contribution in [0.1, 0.15) is 109 Å². The van der Waals surface area contributed by atoms with Gasteiger partial charge in [-0.05, 0) is 25.5 Å². The minimum Gasteiger partial charge on any atom is -0.427 e. The first-order valence-corrected chi connectivity index (χ1v) is 11.0. The SMILES string of the molecule is CCCCCCCCCCCCCCCCC(=O)Oc1ccc(C)cc1. The molecular formula is C24H40O2. The van der Waals surface area contributed by atoms with E-state index in [2.05, 4.69) is 6.92 Å². The molecule has 0 radical (unpaired) electrons. The zero-order valence-electron chi connectivity index (χ0n) is 17.2. The van der Waals surface area contributed by atoms with E-state index in [1.54, 1.807) is 0 Å². The zero-order valence-corrected chi connectivity index (χ0v) is 17.2. The maximum Gasteiger partial charge on any atom is 0.311 e. The predicted molar refractivity (Wildman–Crippen MR) is 112 cm³/mol. The summed E-state index contributed by atoms with van der Waals surface area (Å²) >= 11 is 0. The van der Waals surface area contributed by atoms with Crippen molar-refractivity contribution in [2.75, 3.05) is 0 Å². The molecule has 2 nitrogen and oxygen atoms in total. The lowest BCUT2D eigenvalue weighted by Gasteiger charge is -2.05. The zero-order chi connectivity index (χ0) is 18.9. The average Bonchev–Trinajstić information content (AvgIpc) is 2.64. The smallest absolute Gasteiger partial charge is 0.311 e. The number of rotatable bonds is 16. The first-order valence-electron chi connectivity index (χ1n) is 11.0. The van der Waals surface area contributed by atoms with E-state index in [0.29, 0.717) is 12.2 Å². The standard InChI is InChI=1S/C24H40O2/c1-3-4-5-6-7-8-9-10-11-12-13-14-15-16-17-24(25)26-23-20-18-22(2)19-21-23/h18-21H,3-17H2,1-2H3. The summed E-state index contributed by atoms with van der Waals surface area (Å²) in [5.41, 5.74) is 1.18. The van der Waals surface area contributed by atoms with E-state index in [0.717, 1.165) is 12.8 Å². The van der Waals surface area contributed by atoms with Crippen molar-refractivity contribution in [3.05, 3.63) is 29.8 Å². The molecule has 0 aliphatic heterocycles. The lowest BCUT2D eigenvalue weighted by molar-refractivity contribution is -0.134. The van der Waals surface area contributed by atoms with E-state index in [1.807, 2.05) is 31.2 Å². The minimum atomic E-state index is -0.104. The second kappa shape index (κ2) is 15.9. The minimum absolute atomic E-state index is 0.104. The van der Waals surface area contributed by atoms with Gasteiger partial charge < -0.3 is 4.74 Å². The number of benzene rings is 1. The van der Waals surface area contributed by atoms with Crippen LogP contribution in [0.4, 0.5) is 0 Å². The number of carbonyl (C=O) groups excluding carboxylic acids is 1.